The molecular formula is C18H28O6Si. The second-order valence-corrected chi connectivity index (χ2v) is 9.62. The average molecular weight is 369 g/mol. The number of ether oxygens (including phenoxy) is 3. The maximum Gasteiger partial charge on any atom is 0.539 e. The first-order chi connectivity index (χ1) is 12.0. The summed E-state index contributed by atoms with van der Waals surface area (Å²) in [6, 6.07) is 5.80. The topological polar surface area (TPSA) is 55.4 Å². The van der Waals surface area contributed by atoms with Crippen LogP contribution in [-0.2, 0) is 24.6 Å². The van der Waals surface area contributed by atoms with Crippen molar-refractivity contribution in [1.82, 2.24) is 0 Å². The minimum absolute atomic E-state index is 0.247. The van der Waals surface area contributed by atoms with Gasteiger partial charge in [-0.15, -0.1) is 0 Å². The summed E-state index contributed by atoms with van der Waals surface area (Å²) >= 11 is 0. The van der Waals surface area contributed by atoms with Gasteiger partial charge in [0.1, 0.15) is 11.5 Å². The fraction of sp³-hybridized carbons (Fsp3) is 0.667. The fourth-order valence-electron chi connectivity index (χ4n) is 3.58. The van der Waals surface area contributed by atoms with Crippen LogP contribution in [0.4, 0.5) is 0 Å². The second-order valence-electron chi connectivity index (χ2n) is 6.74. The van der Waals surface area contributed by atoms with Gasteiger partial charge in [0.15, 0.2) is 6.23 Å². The van der Waals surface area contributed by atoms with Gasteiger partial charge in [-0.2, -0.15) is 0 Å². The fourth-order valence-corrected chi connectivity index (χ4v) is 4.77. The second kappa shape index (κ2) is 7.63. The predicted octanol–water partition coefficient (Wildman–Crippen LogP) is 3.30. The molecule has 25 heavy (non-hydrogen) atoms. The van der Waals surface area contributed by atoms with E-state index in [9.17, 15) is 0 Å². The lowest BCUT2D eigenvalue weighted by Crippen LogP contribution is -2.49. The first-order valence-electron chi connectivity index (χ1n) is 8.78. The lowest BCUT2D eigenvalue weighted by Gasteiger charge is -2.40. The third-order valence-corrected chi connectivity index (χ3v) is 7.67. The molecule has 0 N–H and O–H groups in total. The van der Waals surface area contributed by atoms with Crippen molar-refractivity contribution < 1.29 is 27.5 Å². The Bertz CT molecular complexity index is 577. The van der Waals surface area contributed by atoms with Gasteiger partial charge < -0.3 is 27.5 Å². The highest BCUT2D eigenvalue weighted by atomic mass is 28.4. The molecule has 2 aliphatic rings. The van der Waals surface area contributed by atoms with E-state index in [1.165, 1.54) is 25.7 Å². The summed E-state index contributed by atoms with van der Waals surface area (Å²) in [4.78, 5) is 0. The third kappa shape index (κ3) is 3.85. The lowest BCUT2D eigenvalue weighted by atomic mass is 9.97. The summed E-state index contributed by atoms with van der Waals surface area (Å²) < 4.78 is 34.3. The lowest BCUT2D eigenvalue weighted by molar-refractivity contribution is -0.224. The average Bonchev–Trinajstić information content (AvgIpc) is 3.19. The maximum atomic E-state index is 6.22. The maximum absolute atomic E-state index is 6.22. The van der Waals surface area contributed by atoms with Crippen LogP contribution in [0.15, 0.2) is 18.2 Å². The molecule has 7 heteroatoms. The Hall–Kier alpha value is -1.12. The molecule has 1 atom stereocenters. The molecule has 1 unspecified atom stereocenters. The van der Waals surface area contributed by atoms with Crippen LogP contribution in [0, 0.1) is 5.92 Å². The van der Waals surface area contributed by atoms with Crippen molar-refractivity contribution in [2.75, 3.05) is 27.6 Å². The molecule has 1 aromatic rings. The van der Waals surface area contributed by atoms with Crippen LogP contribution in [-0.4, -0.2) is 42.2 Å². The minimum Gasteiger partial charge on any atom is -0.489 e. The van der Waals surface area contributed by atoms with Crippen molar-refractivity contribution >= 4 is 8.80 Å². The van der Waals surface area contributed by atoms with E-state index in [2.05, 4.69) is 6.92 Å². The Morgan fingerprint density at radius 3 is 2.44 bits per heavy atom. The molecule has 1 aliphatic carbocycles. The standard InChI is InChI=1S/C18H28O6Si/c1-18(15-7-5-6-8-15)23-12-14-11-16(9-10-17(14)24-18)22-13-25(19-2,20-3)21-4/h9-11,15H,5-8,12-13H2,1-4H3. The molecule has 0 radical (unpaired) electrons. The third-order valence-electron chi connectivity index (χ3n) is 5.30. The molecule has 1 saturated carbocycles. The van der Waals surface area contributed by atoms with Gasteiger partial charge >= 0.3 is 8.80 Å². The Balaban J connectivity index is 1.67. The van der Waals surface area contributed by atoms with Crippen molar-refractivity contribution in [3.63, 3.8) is 0 Å². The first kappa shape index (κ1) is 18.7. The Morgan fingerprint density at radius 2 is 1.80 bits per heavy atom. The highest BCUT2D eigenvalue weighted by molar-refractivity contribution is 6.60. The van der Waals surface area contributed by atoms with Crippen LogP contribution in [0.5, 0.6) is 11.5 Å². The molecule has 0 amide bonds. The summed E-state index contributed by atoms with van der Waals surface area (Å²) in [6.45, 7) is 2.59. The quantitative estimate of drug-likeness (QED) is 0.689. The van der Waals surface area contributed by atoms with Gasteiger partial charge in [0.25, 0.3) is 0 Å². The Kier molecular flexibility index (Phi) is 5.70. The van der Waals surface area contributed by atoms with Crippen LogP contribution < -0.4 is 9.47 Å². The Morgan fingerprint density at radius 1 is 1.12 bits per heavy atom. The molecule has 140 valence electrons. The molecule has 1 aromatic carbocycles. The summed E-state index contributed by atoms with van der Waals surface area (Å²) in [5.41, 5.74) is 0.993. The number of hydrogen-bond donors (Lipinski definition) is 0. The van der Waals surface area contributed by atoms with E-state index in [0.29, 0.717) is 12.5 Å². The highest BCUT2D eigenvalue weighted by Crippen LogP contribution is 2.42. The van der Waals surface area contributed by atoms with Gasteiger partial charge in [-0.05, 0) is 31.0 Å². The molecule has 1 heterocycles. The van der Waals surface area contributed by atoms with Crippen molar-refractivity contribution in [2.45, 2.75) is 45.0 Å². The van der Waals surface area contributed by atoms with Crippen molar-refractivity contribution in [3.05, 3.63) is 23.8 Å². The van der Waals surface area contributed by atoms with E-state index in [1.807, 2.05) is 18.2 Å². The van der Waals surface area contributed by atoms with E-state index >= 15 is 0 Å². The predicted molar refractivity (Wildman–Crippen MR) is 94.5 cm³/mol. The van der Waals surface area contributed by atoms with Crippen LogP contribution in [0.25, 0.3) is 0 Å². The van der Waals surface area contributed by atoms with E-state index in [0.717, 1.165) is 17.1 Å². The molecule has 1 aliphatic heterocycles. The molecule has 1 fully saturated rings. The molecule has 0 aromatic heterocycles. The number of hydrogen-bond acceptors (Lipinski definition) is 6. The van der Waals surface area contributed by atoms with Gasteiger partial charge in [0.05, 0.1) is 6.61 Å². The zero-order chi connectivity index (χ0) is 17.9. The molecular weight excluding hydrogens is 340 g/mol. The number of benzene rings is 1. The summed E-state index contributed by atoms with van der Waals surface area (Å²) in [7, 11) is 1.95. The van der Waals surface area contributed by atoms with Crippen LogP contribution >= 0.6 is 0 Å². The molecule has 0 spiro atoms. The highest BCUT2D eigenvalue weighted by Gasteiger charge is 2.42. The minimum atomic E-state index is -2.76. The van der Waals surface area contributed by atoms with Crippen molar-refractivity contribution in [1.29, 1.82) is 0 Å². The van der Waals surface area contributed by atoms with E-state index in [1.54, 1.807) is 21.3 Å². The summed E-state index contributed by atoms with van der Waals surface area (Å²) in [5, 5.41) is 0. The molecule has 0 saturated heterocycles. The Labute approximate surface area is 150 Å². The molecule has 6 nitrogen and oxygen atoms in total. The largest absolute Gasteiger partial charge is 0.539 e. The summed E-state index contributed by atoms with van der Waals surface area (Å²) in [5.74, 6) is 1.55. The van der Waals surface area contributed by atoms with Gasteiger partial charge in [-0.1, -0.05) is 12.8 Å². The zero-order valence-corrected chi connectivity index (χ0v) is 16.5. The zero-order valence-electron chi connectivity index (χ0n) is 15.5. The van der Waals surface area contributed by atoms with E-state index in [4.69, 9.17) is 27.5 Å². The van der Waals surface area contributed by atoms with Crippen molar-refractivity contribution in [3.8, 4) is 11.5 Å². The number of fused-ring (bicyclic) bond motifs is 1. The normalized spacial score (nSPS) is 24.0. The molecule has 3 rings (SSSR count). The van der Waals surface area contributed by atoms with Gasteiger partial charge in [-0.25, -0.2) is 0 Å². The number of rotatable bonds is 7. The van der Waals surface area contributed by atoms with E-state index in [-0.39, 0.29) is 6.23 Å². The van der Waals surface area contributed by atoms with E-state index < -0.39 is 14.6 Å². The summed E-state index contributed by atoms with van der Waals surface area (Å²) in [6.07, 6.45) is 5.11. The SMILES string of the molecule is CO[Si](COc1ccc2c(c1)COC(C)(C1CCCC1)O2)(OC)OC. The smallest absolute Gasteiger partial charge is 0.489 e. The molecule has 0 bridgehead atoms. The van der Waals surface area contributed by atoms with Crippen LogP contribution in [0.1, 0.15) is 38.2 Å². The monoisotopic (exact) mass is 368 g/mol. The van der Waals surface area contributed by atoms with Gasteiger partial charge in [-0.3, -0.25) is 0 Å². The van der Waals surface area contributed by atoms with Crippen LogP contribution in [0.3, 0.4) is 0 Å². The van der Waals surface area contributed by atoms with Crippen molar-refractivity contribution in [2.24, 2.45) is 5.92 Å². The van der Waals surface area contributed by atoms with Gasteiger partial charge in [0, 0.05) is 39.7 Å². The first-order valence-corrected chi connectivity index (χ1v) is 10.7. The van der Waals surface area contributed by atoms with Gasteiger partial charge in [0.2, 0.25) is 5.79 Å². The van der Waals surface area contributed by atoms with Crippen LogP contribution in [0.2, 0.25) is 0 Å².